The minimum atomic E-state index is -0.160. The van der Waals surface area contributed by atoms with Gasteiger partial charge >= 0.3 is 0 Å². The van der Waals surface area contributed by atoms with Gasteiger partial charge in [0.05, 0.1) is 16.7 Å². The van der Waals surface area contributed by atoms with Gasteiger partial charge in [-0.15, -0.1) is 11.3 Å². The maximum Gasteiger partial charge on any atom is 0.257 e. The van der Waals surface area contributed by atoms with Crippen molar-refractivity contribution >= 4 is 33.4 Å². The van der Waals surface area contributed by atoms with Crippen LogP contribution in [0.4, 0.5) is 5.13 Å². The second-order valence-corrected chi connectivity index (χ2v) is 6.11. The number of amides is 1. The summed E-state index contributed by atoms with van der Waals surface area (Å²) in [6, 6.07) is 5.47. The van der Waals surface area contributed by atoms with E-state index < -0.39 is 0 Å². The van der Waals surface area contributed by atoms with Gasteiger partial charge in [-0.3, -0.25) is 10.1 Å². The van der Waals surface area contributed by atoms with E-state index >= 15 is 0 Å². The van der Waals surface area contributed by atoms with Gasteiger partial charge in [-0.05, 0) is 25.1 Å². The molecule has 21 heavy (non-hydrogen) atoms. The summed E-state index contributed by atoms with van der Waals surface area (Å²) in [6.07, 6.45) is 0. The van der Waals surface area contributed by atoms with Gasteiger partial charge in [0.2, 0.25) is 0 Å². The predicted octanol–water partition coefficient (Wildman–Crippen LogP) is 3.70. The molecule has 2 aromatic heterocycles. The van der Waals surface area contributed by atoms with Crippen molar-refractivity contribution in [1.29, 1.82) is 0 Å². The maximum atomic E-state index is 12.2. The van der Waals surface area contributed by atoms with Crippen molar-refractivity contribution in [2.24, 2.45) is 0 Å². The van der Waals surface area contributed by atoms with Crippen molar-refractivity contribution < 1.29 is 4.79 Å². The van der Waals surface area contributed by atoms with Crippen LogP contribution in [0.2, 0.25) is 0 Å². The number of carbonyl (C=O) groups excluding carboxylic acids is 1. The van der Waals surface area contributed by atoms with Crippen LogP contribution in [0.1, 0.15) is 41.6 Å². The Balaban J connectivity index is 1.87. The lowest BCUT2D eigenvalue weighted by Gasteiger charge is -2.01. The van der Waals surface area contributed by atoms with Gasteiger partial charge in [0.15, 0.2) is 5.13 Å². The van der Waals surface area contributed by atoms with Crippen molar-refractivity contribution in [2.45, 2.75) is 26.7 Å². The molecule has 6 heteroatoms. The Morgan fingerprint density at radius 3 is 2.81 bits per heavy atom. The summed E-state index contributed by atoms with van der Waals surface area (Å²) in [5, 5.41) is 5.33. The van der Waals surface area contributed by atoms with Crippen molar-refractivity contribution in [3.05, 3.63) is 40.7 Å². The number of benzene rings is 1. The Bertz CT molecular complexity index is 803. The molecule has 5 nitrogen and oxygen atoms in total. The number of aromatic nitrogens is 3. The van der Waals surface area contributed by atoms with E-state index in [2.05, 4.69) is 34.1 Å². The van der Waals surface area contributed by atoms with Crippen LogP contribution in [0.25, 0.3) is 11.0 Å². The maximum absolute atomic E-state index is 12.2. The second-order valence-electron chi connectivity index (χ2n) is 5.26. The van der Waals surface area contributed by atoms with Gasteiger partial charge in [0.1, 0.15) is 5.82 Å². The highest BCUT2D eigenvalue weighted by atomic mass is 32.1. The third-order valence-corrected chi connectivity index (χ3v) is 4.02. The standard InChI is InChI=1S/C15H16N4OS/c1-8(2)13-17-11-5-4-10(6-12(11)18-13)14(20)19-15-16-9(3)7-21-15/h4-8H,1-3H3,(H,17,18)(H,16,19,20). The highest BCUT2D eigenvalue weighted by Crippen LogP contribution is 2.20. The molecule has 0 spiro atoms. The SMILES string of the molecule is Cc1csc(NC(=O)c2ccc3nc(C(C)C)[nH]c3c2)n1. The average molecular weight is 300 g/mol. The van der Waals surface area contributed by atoms with Crippen molar-refractivity contribution in [3.8, 4) is 0 Å². The second kappa shape index (κ2) is 5.29. The molecule has 0 fully saturated rings. The lowest BCUT2D eigenvalue weighted by atomic mass is 10.2. The molecule has 0 bridgehead atoms. The van der Waals surface area contributed by atoms with Crippen molar-refractivity contribution in [1.82, 2.24) is 15.0 Å². The highest BCUT2D eigenvalue weighted by molar-refractivity contribution is 7.13. The number of aryl methyl sites for hydroxylation is 1. The summed E-state index contributed by atoms with van der Waals surface area (Å²) in [4.78, 5) is 24.2. The fourth-order valence-corrected chi connectivity index (χ4v) is 2.71. The minimum Gasteiger partial charge on any atom is -0.342 e. The summed E-state index contributed by atoms with van der Waals surface area (Å²) in [6.45, 7) is 6.06. The lowest BCUT2D eigenvalue weighted by molar-refractivity contribution is 0.102. The molecule has 3 aromatic rings. The van der Waals surface area contributed by atoms with Crippen molar-refractivity contribution in [2.75, 3.05) is 5.32 Å². The Hall–Kier alpha value is -2.21. The van der Waals surface area contributed by atoms with Gasteiger partial charge in [0, 0.05) is 16.9 Å². The molecule has 108 valence electrons. The molecule has 0 unspecified atom stereocenters. The van der Waals surface area contributed by atoms with E-state index in [1.165, 1.54) is 11.3 Å². The molecule has 2 N–H and O–H groups in total. The van der Waals surface area contributed by atoms with Crippen LogP contribution in [0.3, 0.4) is 0 Å². The Morgan fingerprint density at radius 1 is 1.33 bits per heavy atom. The van der Waals surface area contributed by atoms with E-state index in [1.807, 2.05) is 24.4 Å². The van der Waals surface area contributed by atoms with Gasteiger partial charge in [0.25, 0.3) is 5.91 Å². The zero-order chi connectivity index (χ0) is 15.0. The summed E-state index contributed by atoms with van der Waals surface area (Å²) in [5.41, 5.74) is 3.25. The van der Waals surface area contributed by atoms with E-state index in [9.17, 15) is 4.79 Å². The number of imidazole rings is 1. The van der Waals surface area contributed by atoms with Gasteiger partial charge in [-0.2, -0.15) is 0 Å². The number of anilines is 1. The first-order chi connectivity index (χ1) is 10.0. The molecule has 0 atom stereocenters. The van der Waals surface area contributed by atoms with E-state index in [0.29, 0.717) is 16.6 Å². The number of rotatable bonds is 3. The van der Waals surface area contributed by atoms with Gasteiger partial charge in [-0.1, -0.05) is 13.8 Å². The number of hydrogen-bond donors (Lipinski definition) is 2. The molecule has 0 saturated heterocycles. The fourth-order valence-electron chi connectivity index (χ4n) is 2.02. The summed E-state index contributed by atoms with van der Waals surface area (Å²) in [5.74, 6) is 1.10. The van der Waals surface area contributed by atoms with Crippen LogP contribution >= 0.6 is 11.3 Å². The first-order valence-corrected chi connectivity index (χ1v) is 7.64. The zero-order valence-corrected chi connectivity index (χ0v) is 12.9. The van der Waals surface area contributed by atoms with E-state index in [-0.39, 0.29) is 5.91 Å². The molecule has 0 saturated carbocycles. The zero-order valence-electron chi connectivity index (χ0n) is 12.1. The smallest absolute Gasteiger partial charge is 0.257 e. The molecule has 0 aliphatic carbocycles. The number of carbonyl (C=O) groups is 1. The molecule has 1 aromatic carbocycles. The van der Waals surface area contributed by atoms with Crippen LogP contribution in [0.5, 0.6) is 0 Å². The van der Waals surface area contributed by atoms with E-state index in [0.717, 1.165) is 22.6 Å². The first-order valence-electron chi connectivity index (χ1n) is 6.76. The highest BCUT2D eigenvalue weighted by Gasteiger charge is 2.11. The number of nitrogens with one attached hydrogen (secondary N) is 2. The fraction of sp³-hybridized carbons (Fsp3) is 0.267. The molecular formula is C15H16N4OS. The molecule has 1 amide bonds. The topological polar surface area (TPSA) is 70.7 Å². The van der Waals surface area contributed by atoms with Gasteiger partial charge < -0.3 is 4.98 Å². The number of hydrogen-bond acceptors (Lipinski definition) is 4. The van der Waals surface area contributed by atoms with E-state index in [4.69, 9.17) is 0 Å². The number of aromatic amines is 1. The monoisotopic (exact) mass is 300 g/mol. The van der Waals surface area contributed by atoms with Crippen LogP contribution in [-0.4, -0.2) is 20.9 Å². The Kier molecular flexibility index (Phi) is 3.47. The van der Waals surface area contributed by atoms with Crippen LogP contribution < -0.4 is 5.32 Å². The number of thiazole rings is 1. The minimum absolute atomic E-state index is 0.160. The summed E-state index contributed by atoms with van der Waals surface area (Å²) in [7, 11) is 0. The number of H-pyrrole nitrogens is 1. The number of nitrogens with zero attached hydrogens (tertiary/aromatic N) is 2. The lowest BCUT2D eigenvalue weighted by Crippen LogP contribution is -2.11. The molecule has 3 rings (SSSR count). The van der Waals surface area contributed by atoms with E-state index in [1.54, 1.807) is 6.07 Å². The van der Waals surface area contributed by atoms with Gasteiger partial charge in [-0.25, -0.2) is 9.97 Å². The largest absolute Gasteiger partial charge is 0.342 e. The summed E-state index contributed by atoms with van der Waals surface area (Å²) < 4.78 is 0. The first kappa shape index (κ1) is 13.8. The third-order valence-electron chi connectivity index (χ3n) is 3.15. The Labute approximate surface area is 126 Å². The quantitative estimate of drug-likeness (QED) is 0.774. The molecular weight excluding hydrogens is 284 g/mol. The van der Waals surface area contributed by atoms with Crippen molar-refractivity contribution in [3.63, 3.8) is 0 Å². The summed E-state index contributed by atoms with van der Waals surface area (Å²) >= 11 is 1.42. The predicted molar refractivity (Wildman–Crippen MR) is 85.0 cm³/mol. The third kappa shape index (κ3) is 2.80. The molecule has 0 aliphatic rings. The number of fused-ring (bicyclic) bond motifs is 1. The normalized spacial score (nSPS) is 11.2. The van der Waals surface area contributed by atoms with Crippen LogP contribution in [-0.2, 0) is 0 Å². The Morgan fingerprint density at radius 2 is 2.14 bits per heavy atom. The van der Waals surface area contributed by atoms with Crippen LogP contribution in [0.15, 0.2) is 23.6 Å². The van der Waals surface area contributed by atoms with Crippen LogP contribution in [0, 0.1) is 6.92 Å². The molecule has 0 radical (unpaired) electrons. The molecule has 0 aliphatic heterocycles. The molecule has 2 heterocycles. The average Bonchev–Trinajstić information content (AvgIpc) is 3.03.